The van der Waals surface area contributed by atoms with Gasteiger partial charge in [-0.15, -0.1) is 0 Å². The lowest BCUT2D eigenvalue weighted by atomic mass is 9.76. The second-order valence-electron chi connectivity index (χ2n) is 8.99. The van der Waals surface area contributed by atoms with Crippen molar-refractivity contribution >= 4 is 29.1 Å². The molecule has 0 saturated carbocycles. The summed E-state index contributed by atoms with van der Waals surface area (Å²) >= 11 is 0. The molecule has 6 heteroatoms. The Morgan fingerprint density at radius 3 is 2.18 bits per heavy atom. The van der Waals surface area contributed by atoms with E-state index in [0.29, 0.717) is 12.2 Å². The van der Waals surface area contributed by atoms with Crippen LogP contribution in [0.15, 0.2) is 84.9 Å². The lowest BCUT2D eigenvalue weighted by molar-refractivity contribution is -0.132. The fraction of sp³-hybridized carbons (Fsp3) is 0.222. The van der Waals surface area contributed by atoms with Gasteiger partial charge in [0.1, 0.15) is 5.54 Å². The monoisotopic (exact) mass is 437 g/mol. The number of amides is 3. The van der Waals surface area contributed by atoms with E-state index in [-0.39, 0.29) is 23.8 Å². The summed E-state index contributed by atoms with van der Waals surface area (Å²) in [6, 6.07) is 26.0. The summed E-state index contributed by atoms with van der Waals surface area (Å²) in [5.41, 5.74) is 1.83. The Balaban J connectivity index is 1.48. The summed E-state index contributed by atoms with van der Waals surface area (Å²) in [5.74, 6) is -2.15. The van der Waals surface area contributed by atoms with E-state index in [4.69, 9.17) is 0 Å². The van der Waals surface area contributed by atoms with Gasteiger partial charge < -0.3 is 4.90 Å². The molecule has 3 aromatic carbocycles. The molecular weight excluding hydrogens is 414 g/mol. The van der Waals surface area contributed by atoms with Crippen LogP contribution < -0.4 is 15.1 Å². The van der Waals surface area contributed by atoms with Gasteiger partial charge in [0, 0.05) is 17.3 Å². The molecule has 0 unspecified atom stereocenters. The van der Waals surface area contributed by atoms with E-state index in [2.05, 4.69) is 5.32 Å². The van der Waals surface area contributed by atoms with E-state index in [0.717, 1.165) is 16.8 Å². The number of fused-ring (bicyclic) bond motifs is 4. The number of hydrogen-bond donors (Lipinski definition) is 1. The van der Waals surface area contributed by atoms with Crippen molar-refractivity contribution in [3.05, 3.63) is 96.1 Å². The minimum absolute atomic E-state index is 0.178. The van der Waals surface area contributed by atoms with Gasteiger partial charge in [0.2, 0.25) is 11.8 Å². The summed E-state index contributed by atoms with van der Waals surface area (Å²) in [4.78, 5) is 44.5. The largest absolute Gasteiger partial charge is 0.306 e. The van der Waals surface area contributed by atoms with Crippen LogP contribution in [-0.2, 0) is 26.5 Å². The van der Waals surface area contributed by atoms with Crippen molar-refractivity contribution in [2.45, 2.75) is 25.0 Å². The van der Waals surface area contributed by atoms with Crippen LogP contribution in [0, 0.1) is 11.8 Å². The first kappa shape index (κ1) is 19.9. The number of carbonyl (C=O) groups is 3. The zero-order chi connectivity index (χ0) is 22.7. The van der Waals surface area contributed by atoms with E-state index in [1.807, 2.05) is 67.6 Å². The average Bonchev–Trinajstić information content (AvgIpc) is 3.39. The molecule has 33 heavy (non-hydrogen) atoms. The SMILES string of the molecule is C[C@@H]1N[C@]2(C(=O)N(Cc3ccccc3)c3ccccc32)[C@H]2C(=O)N(c3ccccc3)C(=O)[C@@H]12. The molecule has 0 aliphatic carbocycles. The number of carbonyl (C=O) groups excluding carboxylic acids is 3. The van der Waals surface area contributed by atoms with Crippen LogP contribution >= 0.6 is 0 Å². The van der Waals surface area contributed by atoms with Crippen LogP contribution in [0.3, 0.4) is 0 Å². The van der Waals surface area contributed by atoms with E-state index in [9.17, 15) is 14.4 Å². The maximum atomic E-state index is 14.2. The predicted octanol–water partition coefficient (Wildman–Crippen LogP) is 3.23. The molecule has 3 aliphatic heterocycles. The molecule has 0 radical (unpaired) electrons. The molecule has 164 valence electrons. The summed E-state index contributed by atoms with van der Waals surface area (Å²) in [7, 11) is 0. The van der Waals surface area contributed by atoms with E-state index < -0.39 is 17.4 Å². The number of nitrogens with one attached hydrogen (secondary N) is 1. The zero-order valence-corrected chi connectivity index (χ0v) is 18.1. The van der Waals surface area contributed by atoms with Crippen LogP contribution in [0.2, 0.25) is 0 Å². The van der Waals surface area contributed by atoms with Gasteiger partial charge in [-0.25, -0.2) is 4.90 Å². The topological polar surface area (TPSA) is 69.7 Å². The first-order valence-corrected chi connectivity index (χ1v) is 11.2. The van der Waals surface area contributed by atoms with Crippen molar-refractivity contribution in [2.75, 3.05) is 9.80 Å². The fourth-order valence-corrected chi connectivity index (χ4v) is 5.86. The highest BCUT2D eigenvalue weighted by Crippen LogP contribution is 2.55. The summed E-state index contributed by atoms with van der Waals surface area (Å²) < 4.78 is 0. The second-order valence-corrected chi connectivity index (χ2v) is 8.99. The Labute approximate surface area is 191 Å². The number of imide groups is 1. The minimum Gasteiger partial charge on any atom is -0.306 e. The molecule has 3 aromatic rings. The Bertz CT molecular complexity index is 1280. The van der Waals surface area contributed by atoms with Gasteiger partial charge in [0.25, 0.3) is 5.91 Å². The first-order chi connectivity index (χ1) is 16.0. The molecule has 3 heterocycles. The highest BCUT2D eigenvalue weighted by atomic mass is 16.2. The van der Waals surface area contributed by atoms with Crippen LogP contribution in [0.1, 0.15) is 18.1 Å². The Hall–Kier alpha value is -3.77. The van der Waals surface area contributed by atoms with Crippen LogP contribution in [0.25, 0.3) is 0 Å². The third kappa shape index (κ3) is 2.61. The van der Waals surface area contributed by atoms with Crippen molar-refractivity contribution in [1.29, 1.82) is 0 Å². The minimum atomic E-state index is -1.26. The molecule has 3 aliphatic rings. The molecule has 4 atom stereocenters. The summed E-state index contributed by atoms with van der Waals surface area (Å²) in [6.45, 7) is 2.29. The number of rotatable bonds is 3. The van der Waals surface area contributed by atoms with Crippen molar-refractivity contribution < 1.29 is 14.4 Å². The standard InChI is InChI=1S/C27H23N3O3/c1-17-22-23(25(32)30(24(22)31)19-12-6-3-7-13-19)27(28-17)20-14-8-9-15-21(20)29(26(27)33)16-18-10-4-2-5-11-18/h2-15,17,22-23,28H,16H2,1H3/t17-,22-,23+,27-/m0/s1. The van der Waals surface area contributed by atoms with E-state index in [1.165, 1.54) is 4.90 Å². The van der Waals surface area contributed by atoms with Crippen LogP contribution in [-0.4, -0.2) is 23.8 Å². The zero-order valence-electron chi connectivity index (χ0n) is 18.1. The number of para-hydroxylation sites is 2. The molecule has 6 nitrogen and oxygen atoms in total. The predicted molar refractivity (Wildman–Crippen MR) is 124 cm³/mol. The van der Waals surface area contributed by atoms with Gasteiger partial charge in [-0.2, -0.15) is 0 Å². The third-order valence-electron chi connectivity index (χ3n) is 7.21. The first-order valence-electron chi connectivity index (χ1n) is 11.2. The van der Waals surface area contributed by atoms with Gasteiger partial charge in [-0.3, -0.25) is 19.7 Å². The number of anilines is 2. The maximum Gasteiger partial charge on any atom is 0.253 e. The van der Waals surface area contributed by atoms with Crippen molar-refractivity contribution in [3.8, 4) is 0 Å². The molecule has 2 fully saturated rings. The smallest absolute Gasteiger partial charge is 0.253 e. The average molecular weight is 437 g/mol. The molecule has 0 bridgehead atoms. The number of hydrogen-bond acceptors (Lipinski definition) is 4. The van der Waals surface area contributed by atoms with Crippen molar-refractivity contribution in [3.63, 3.8) is 0 Å². The molecule has 3 amide bonds. The quantitative estimate of drug-likeness (QED) is 0.639. The molecular formula is C27H23N3O3. The second kappa shape index (κ2) is 7.12. The normalized spacial score (nSPS) is 28.0. The highest BCUT2D eigenvalue weighted by Gasteiger charge is 2.71. The molecule has 1 spiro atoms. The molecule has 0 aromatic heterocycles. The lowest BCUT2D eigenvalue weighted by Gasteiger charge is -2.30. The lowest BCUT2D eigenvalue weighted by Crippen LogP contribution is -2.54. The Kier molecular flexibility index (Phi) is 4.29. The van der Waals surface area contributed by atoms with Gasteiger partial charge in [0.05, 0.1) is 24.1 Å². The summed E-state index contributed by atoms with van der Waals surface area (Å²) in [5, 5.41) is 3.43. The highest BCUT2D eigenvalue weighted by molar-refractivity contribution is 6.26. The van der Waals surface area contributed by atoms with Crippen molar-refractivity contribution in [1.82, 2.24) is 5.32 Å². The Morgan fingerprint density at radius 1 is 0.818 bits per heavy atom. The third-order valence-corrected chi connectivity index (χ3v) is 7.21. The van der Waals surface area contributed by atoms with Gasteiger partial charge in [-0.05, 0) is 30.7 Å². The number of benzene rings is 3. The molecule has 6 rings (SSSR count). The van der Waals surface area contributed by atoms with Crippen LogP contribution in [0.5, 0.6) is 0 Å². The van der Waals surface area contributed by atoms with Crippen LogP contribution in [0.4, 0.5) is 11.4 Å². The van der Waals surface area contributed by atoms with Gasteiger partial charge in [0.15, 0.2) is 0 Å². The summed E-state index contributed by atoms with van der Waals surface area (Å²) in [6.07, 6.45) is 0. The van der Waals surface area contributed by atoms with Gasteiger partial charge >= 0.3 is 0 Å². The Morgan fingerprint density at radius 2 is 1.45 bits per heavy atom. The fourth-order valence-electron chi connectivity index (χ4n) is 5.86. The van der Waals surface area contributed by atoms with E-state index >= 15 is 0 Å². The maximum absolute atomic E-state index is 14.2. The van der Waals surface area contributed by atoms with Gasteiger partial charge in [-0.1, -0.05) is 66.7 Å². The molecule has 2 saturated heterocycles. The van der Waals surface area contributed by atoms with Crippen molar-refractivity contribution in [2.24, 2.45) is 11.8 Å². The van der Waals surface area contributed by atoms with E-state index in [1.54, 1.807) is 29.2 Å². The number of nitrogens with zero attached hydrogens (tertiary/aromatic N) is 2. The molecule has 1 N–H and O–H groups in total.